The van der Waals surface area contributed by atoms with Gasteiger partial charge in [-0.1, -0.05) is 0 Å². The van der Waals surface area contributed by atoms with Crippen LogP contribution in [0.4, 0.5) is 0 Å². The summed E-state index contributed by atoms with van der Waals surface area (Å²) >= 11 is 0. The molecule has 0 radical (unpaired) electrons. The Hall–Kier alpha value is -3.06. The Morgan fingerprint density at radius 2 is 1.96 bits per heavy atom. The Morgan fingerprint density at radius 3 is 2.75 bits per heavy atom. The first-order valence-corrected chi connectivity index (χ1v) is 7.30. The third-order valence-corrected chi connectivity index (χ3v) is 3.70. The average Bonchev–Trinajstić information content (AvgIpc) is 2.58. The number of nitrogens with one attached hydrogen (secondary N) is 2. The number of pyridine rings is 1. The predicted molar refractivity (Wildman–Crippen MR) is 88.3 cm³/mol. The van der Waals surface area contributed by atoms with Gasteiger partial charge in [-0.15, -0.1) is 0 Å². The van der Waals surface area contributed by atoms with Gasteiger partial charge in [0.05, 0.1) is 12.7 Å². The van der Waals surface area contributed by atoms with Crippen LogP contribution in [0.1, 0.15) is 11.1 Å². The zero-order chi connectivity index (χ0) is 17.1. The van der Waals surface area contributed by atoms with E-state index in [4.69, 9.17) is 9.15 Å². The van der Waals surface area contributed by atoms with Gasteiger partial charge in [-0.05, 0) is 24.3 Å². The number of aromatic amines is 1. The molecule has 124 valence electrons. The summed E-state index contributed by atoms with van der Waals surface area (Å²) in [5.74, 6) is 0.265. The minimum atomic E-state index is -0.539. The highest BCUT2D eigenvalue weighted by atomic mass is 16.5. The monoisotopic (exact) mass is 328 g/mol. The highest BCUT2D eigenvalue weighted by Gasteiger charge is 2.12. The van der Waals surface area contributed by atoms with Crippen molar-refractivity contribution in [3.8, 4) is 11.5 Å². The molecule has 0 fully saturated rings. The second-order valence-electron chi connectivity index (χ2n) is 5.20. The molecule has 0 saturated heterocycles. The van der Waals surface area contributed by atoms with Crippen molar-refractivity contribution in [1.29, 1.82) is 0 Å². The third-order valence-electron chi connectivity index (χ3n) is 3.70. The first-order valence-electron chi connectivity index (χ1n) is 7.30. The van der Waals surface area contributed by atoms with E-state index >= 15 is 0 Å². The first kappa shape index (κ1) is 15.8. The fourth-order valence-electron chi connectivity index (χ4n) is 2.51. The van der Waals surface area contributed by atoms with Gasteiger partial charge in [0, 0.05) is 36.3 Å². The van der Waals surface area contributed by atoms with Gasteiger partial charge < -0.3 is 24.6 Å². The van der Waals surface area contributed by atoms with E-state index in [1.54, 1.807) is 18.2 Å². The van der Waals surface area contributed by atoms with Crippen LogP contribution in [0, 0.1) is 0 Å². The van der Waals surface area contributed by atoms with E-state index < -0.39 is 11.2 Å². The van der Waals surface area contributed by atoms with Crippen molar-refractivity contribution in [3.05, 3.63) is 68.4 Å². The number of ether oxygens (including phenoxy) is 1. The average molecular weight is 328 g/mol. The fourth-order valence-corrected chi connectivity index (χ4v) is 2.51. The minimum absolute atomic E-state index is 0.270. The van der Waals surface area contributed by atoms with E-state index in [1.165, 1.54) is 19.4 Å². The number of hydrogen-bond acceptors (Lipinski definition) is 6. The molecule has 3 aromatic rings. The maximum atomic E-state index is 11.5. The van der Waals surface area contributed by atoms with Crippen LogP contribution in [-0.2, 0) is 13.1 Å². The largest absolute Gasteiger partial charge is 0.503 e. The molecule has 0 saturated carbocycles. The van der Waals surface area contributed by atoms with E-state index in [-0.39, 0.29) is 12.3 Å². The number of fused-ring (bicyclic) bond motifs is 1. The maximum Gasteiger partial charge on any atom is 0.336 e. The van der Waals surface area contributed by atoms with Gasteiger partial charge in [0.15, 0.2) is 5.75 Å². The second-order valence-corrected chi connectivity index (χ2v) is 5.20. The Labute approximate surface area is 136 Å². The first-order chi connectivity index (χ1) is 11.6. The van der Waals surface area contributed by atoms with Crippen molar-refractivity contribution in [2.75, 3.05) is 7.11 Å². The molecule has 1 aromatic carbocycles. The van der Waals surface area contributed by atoms with Gasteiger partial charge in [0.2, 0.25) is 0 Å². The molecule has 0 atom stereocenters. The van der Waals surface area contributed by atoms with E-state index in [9.17, 15) is 14.7 Å². The van der Waals surface area contributed by atoms with Crippen molar-refractivity contribution >= 4 is 11.0 Å². The fraction of sp³-hybridized carbons (Fsp3) is 0.176. The molecule has 2 heterocycles. The van der Waals surface area contributed by atoms with Gasteiger partial charge in [0.1, 0.15) is 11.3 Å². The lowest BCUT2D eigenvalue weighted by molar-refractivity contribution is 0.406. The molecule has 0 aliphatic heterocycles. The van der Waals surface area contributed by atoms with Crippen LogP contribution < -0.4 is 21.2 Å². The molecular formula is C17H16N2O5. The summed E-state index contributed by atoms with van der Waals surface area (Å²) in [5.41, 5.74) is 0.633. The normalized spacial score (nSPS) is 10.9. The minimum Gasteiger partial charge on any atom is -0.503 e. The highest BCUT2D eigenvalue weighted by molar-refractivity contribution is 5.82. The van der Waals surface area contributed by atoms with Crippen molar-refractivity contribution in [1.82, 2.24) is 10.3 Å². The quantitative estimate of drug-likeness (QED) is 0.613. The summed E-state index contributed by atoms with van der Waals surface area (Å²) in [6.45, 7) is 0.603. The van der Waals surface area contributed by atoms with Crippen LogP contribution in [0.15, 0.2) is 50.5 Å². The molecular weight excluding hydrogens is 312 g/mol. The molecule has 7 nitrogen and oxygen atoms in total. The van der Waals surface area contributed by atoms with Gasteiger partial charge in [0.25, 0.3) is 5.56 Å². The number of aromatic nitrogens is 1. The SMILES string of the molecule is COc1ccc2ccc(=O)oc2c1CNCc1cc[nH]c(=O)c1O. The van der Waals surface area contributed by atoms with Crippen LogP contribution in [0.2, 0.25) is 0 Å². The van der Waals surface area contributed by atoms with Gasteiger partial charge >= 0.3 is 5.63 Å². The van der Waals surface area contributed by atoms with Crippen molar-refractivity contribution < 1.29 is 14.3 Å². The summed E-state index contributed by atoms with van der Waals surface area (Å²) in [6, 6.07) is 8.27. The third kappa shape index (κ3) is 3.02. The zero-order valence-electron chi connectivity index (χ0n) is 13.0. The van der Waals surface area contributed by atoms with Gasteiger partial charge in [-0.3, -0.25) is 4.79 Å². The van der Waals surface area contributed by atoms with Gasteiger partial charge in [-0.25, -0.2) is 4.79 Å². The molecule has 0 amide bonds. The number of rotatable bonds is 5. The van der Waals surface area contributed by atoms with E-state index in [1.807, 2.05) is 6.07 Å². The lowest BCUT2D eigenvalue weighted by atomic mass is 10.1. The molecule has 0 aliphatic carbocycles. The zero-order valence-corrected chi connectivity index (χ0v) is 13.0. The smallest absolute Gasteiger partial charge is 0.336 e. The maximum absolute atomic E-state index is 11.5. The Kier molecular flexibility index (Phi) is 4.35. The number of hydrogen-bond donors (Lipinski definition) is 3. The van der Waals surface area contributed by atoms with Crippen LogP contribution in [0.3, 0.4) is 0 Å². The summed E-state index contributed by atoms with van der Waals surface area (Å²) in [5, 5.41) is 13.6. The molecule has 0 spiro atoms. The lowest BCUT2D eigenvalue weighted by Gasteiger charge is -2.12. The van der Waals surface area contributed by atoms with Crippen LogP contribution >= 0.6 is 0 Å². The number of aromatic hydroxyl groups is 1. The van der Waals surface area contributed by atoms with Crippen LogP contribution in [-0.4, -0.2) is 17.2 Å². The van der Waals surface area contributed by atoms with Crippen molar-refractivity contribution in [3.63, 3.8) is 0 Å². The number of H-pyrrole nitrogens is 1. The molecule has 2 aromatic heterocycles. The van der Waals surface area contributed by atoms with E-state index in [0.717, 1.165) is 5.39 Å². The molecule has 0 aliphatic rings. The summed E-state index contributed by atoms with van der Waals surface area (Å²) in [6.07, 6.45) is 1.47. The number of benzene rings is 1. The Morgan fingerprint density at radius 1 is 1.17 bits per heavy atom. The summed E-state index contributed by atoms with van der Waals surface area (Å²) in [7, 11) is 1.54. The molecule has 24 heavy (non-hydrogen) atoms. The topological polar surface area (TPSA) is 105 Å². The molecule has 3 rings (SSSR count). The standard InChI is InChI=1S/C17H16N2O5/c1-23-13-4-2-10-3-5-14(20)24-16(10)12(13)9-18-8-11-6-7-19-17(22)15(11)21/h2-7,18,21H,8-9H2,1H3,(H,19,22). The van der Waals surface area contributed by atoms with Crippen molar-refractivity contribution in [2.24, 2.45) is 0 Å². The predicted octanol–water partition coefficient (Wildman–Crippen LogP) is 1.49. The Bertz CT molecular complexity index is 990. The number of methoxy groups -OCH3 is 1. The lowest BCUT2D eigenvalue weighted by Crippen LogP contribution is -2.16. The molecule has 7 heteroatoms. The van der Waals surface area contributed by atoms with Gasteiger partial charge in [-0.2, -0.15) is 0 Å². The van der Waals surface area contributed by atoms with Crippen LogP contribution in [0.5, 0.6) is 11.5 Å². The summed E-state index contributed by atoms with van der Waals surface area (Å²) < 4.78 is 10.6. The highest BCUT2D eigenvalue weighted by Crippen LogP contribution is 2.27. The molecule has 0 unspecified atom stereocenters. The Balaban J connectivity index is 1.89. The summed E-state index contributed by atoms with van der Waals surface area (Å²) in [4.78, 5) is 25.3. The molecule has 0 bridgehead atoms. The van der Waals surface area contributed by atoms with Crippen molar-refractivity contribution in [2.45, 2.75) is 13.1 Å². The van der Waals surface area contributed by atoms with E-state index in [0.29, 0.717) is 29.0 Å². The molecule has 3 N–H and O–H groups in total. The van der Waals surface area contributed by atoms with E-state index in [2.05, 4.69) is 10.3 Å². The van der Waals surface area contributed by atoms with Crippen LogP contribution in [0.25, 0.3) is 11.0 Å². The second kappa shape index (κ2) is 6.59.